The van der Waals surface area contributed by atoms with Gasteiger partial charge in [0.25, 0.3) is 0 Å². The van der Waals surface area contributed by atoms with Crippen molar-refractivity contribution in [1.29, 1.82) is 0 Å². The van der Waals surface area contributed by atoms with Crippen LogP contribution >= 0.6 is 0 Å². The Morgan fingerprint density at radius 2 is 0.857 bits per heavy atom. The molecule has 1 atom stereocenters. The van der Waals surface area contributed by atoms with Gasteiger partial charge < -0.3 is 9.66 Å². The molecule has 0 aliphatic heterocycles. The van der Waals surface area contributed by atoms with Crippen LogP contribution in [-0.4, -0.2) is 23.0 Å². The van der Waals surface area contributed by atoms with E-state index in [0.717, 1.165) is 32.1 Å². The van der Waals surface area contributed by atoms with Crippen molar-refractivity contribution in [3.63, 3.8) is 0 Å². The van der Waals surface area contributed by atoms with E-state index in [4.69, 9.17) is 0 Å². The third-order valence-electron chi connectivity index (χ3n) is 5.56. The van der Waals surface area contributed by atoms with E-state index in [2.05, 4.69) is 6.92 Å². The molecule has 4 nitrogen and oxygen atoms in total. The van der Waals surface area contributed by atoms with Gasteiger partial charge in [0.1, 0.15) is 10.1 Å². The summed E-state index contributed by atoms with van der Waals surface area (Å²) in [6, 6.07) is 0. The molecular weight excluding hydrogens is 399 g/mol. The molecule has 28 heavy (non-hydrogen) atoms. The first-order valence-corrected chi connectivity index (χ1v) is 13.0. The molecule has 164 valence electrons. The third-order valence-corrected chi connectivity index (χ3v) is 6.90. The molecule has 1 unspecified atom stereocenters. The van der Waals surface area contributed by atoms with Gasteiger partial charge in [-0.25, -0.2) is 8.42 Å². The summed E-state index contributed by atoms with van der Waals surface area (Å²) >= 11 is 0. The molecule has 0 heterocycles. The second kappa shape index (κ2) is 20.4. The molecule has 0 saturated heterocycles. The molecule has 0 radical (unpaired) electrons. The Bertz CT molecular complexity index is 428. The summed E-state index contributed by atoms with van der Waals surface area (Å²) in [5, 5.41) is 10.3. The smallest absolute Gasteiger partial charge is 0.746 e. The van der Waals surface area contributed by atoms with Crippen molar-refractivity contribution < 1.29 is 69.5 Å². The molecule has 6 heteroatoms. The maximum Gasteiger partial charge on any atom is 1.00 e. The van der Waals surface area contributed by atoms with Gasteiger partial charge in [0.15, 0.2) is 4.93 Å². The monoisotopic (exact) mass is 444 g/mol. The quantitative estimate of drug-likeness (QED) is 0.176. The first kappa shape index (κ1) is 31.7. The second-order valence-corrected chi connectivity index (χ2v) is 9.87. The minimum absolute atomic E-state index is 0. The van der Waals surface area contributed by atoms with Crippen molar-refractivity contribution >= 4 is 10.1 Å². The predicted molar refractivity (Wildman–Crippen MR) is 114 cm³/mol. The zero-order chi connectivity index (χ0) is 20.4. The van der Waals surface area contributed by atoms with Gasteiger partial charge in [-0.3, -0.25) is 0 Å². The summed E-state index contributed by atoms with van der Waals surface area (Å²) in [6.07, 6.45) is 19.6. The normalized spacial score (nSPS) is 13.9. The molecule has 0 amide bonds. The van der Waals surface area contributed by atoms with Crippen molar-refractivity contribution in [2.75, 3.05) is 0 Å². The van der Waals surface area contributed by atoms with Gasteiger partial charge in [-0.15, -0.1) is 0 Å². The predicted octanol–water partition coefficient (Wildman–Crippen LogP) is 3.68. The van der Waals surface area contributed by atoms with Gasteiger partial charge >= 0.3 is 51.4 Å². The van der Waals surface area contributed by atoms with Crippen LogP contribution < -0.4 is 51.4 Å². The fourth-order valence-electron chi connectivity index (χ4n) is 3.62. The Morgan fingerprint density at radius 3 is 1.18 bits per heavy atom. The van der Waals surface area contributed by atoms with E-state index in [1.165, 1.54) is 64.2 Å². The average Bonchev–Trinajstić information content (AvgIpc) is 2.61. The van der Waals surface area contributed by atoms with Crippen LogP contribution in [0.2, 0.25) is 0 Å². The van der Waals surface area contributed by atoms with Crippen molar-refractivity contribution in [2.45, 2.75) is 141 Å². The fraction of sp³-hybridized carbons (Fsp3) is 1.00. The topological polar surface area (TPSA) is 77.4 Å². The van der Waals surface area contributed by atoms with Gasteiger partial charge in [0, 0.05) is 0 Å². The SMILES string of the molecule is CCCCCCCCCCCCCCCCC(O)(CCCCC)S(=O)(=O)[O-].[K+]. The van der Waals surface area contributed by atoms with Crippen molar-refractivity contribution in [2.24, 2.45) is 0 Å². The van der Waals surface area contributed by atoms with E-state index in [0.29, 0.717) is 12.8 Å². The van der Waals surface area contributed by atoms with Crippen LogP contribution in [-0.2, 0) is 10.1 Å². The Balaban J connectivity index is 0. The number of unbranched alkanes of at least 4 members (excludes halogenated alkanes) is 15. The summed E-state index contributed by atoms with van der Waals surface area (Å²) in [6.45, 7) is 4.26. The van der Waals surface area contributed by atoms with Gasteiger partial charge in [0.2, 0.25) is 0 Å². The maximum absolute atomic E-state index is 11.4. The van der Waals surface area contributed by atoms with Gasteiger partial charge in [-0.2, -0.15) is 0 Å². The van der Waals surface area contributed by atoms with E-state index >= 15 is 0 Å². The number of aliphatic hydroxyl groups is 1. The molecule has 0 bridgehead atoms. The van der Waals surface area contributed by atoms with Crippen LogP contribution in [0.25, 0.3) is 0 Å². The Morgan fingerprint density at radius 1 is 0.607 bits per heavy atom. The molecule has 0 aromatic rings. The average molecular weight is 445 g/mol. The zero-order valence-electron chi connectivity index (χ0n) is 19.0. The van der Waals surface area contributed by atoms with Crippen LogP contribution in [0.1, 0.15) is 136 Å². The molecular formula is C22H45KO4S. The molecule has 0 aromatic heterocycles. The minimum Gasteiger partial charge on any atom is -0.746 e. The van der Waals surface area contributed by atoms with Crippen LogP contribution in [0.3, 0.4) is 0 Å². The van der Waals surface area contributed by atoms with Crippen LogP contribution in [0.5, 0.6) is 0 Å². The Kier molecular flexibility index (Phi) is 23.1. The fourth-order valence-corrected chi connectivity index (χ4v) is 4.41. The Hall–Kier alpha value is 1.51. The first-order chi connectivity index (χ1) is 12.9. The summed E-state index contributed by atoms with van der Waals surface area (Å²) in [7, 11) is -4.66. The number of rotatable bonds is 20. The van der Waals surface area contributed by atoms with Gasteiger partial charge in [0.05, 0.1) is 0 Å². The number of hydrogen-bond donors (Lipinski definition) is 1. The largest absolute Gasteiger partial charge is 1.00 e. The van der Waals surface area contributed by atoms with Crippen LogP contribution in [0.15, 0.2) is 0 Å². The standard InChI is InChI=1S/C22H46O4S.K/c1-3-5-7-8-9-10-11-12-13-14-15-16-17-19-21-22(23,27(24,25)26)20-18-6-4-2;/h23H,3-21H2,1-2H3,(H,24,25,26);/q;+1/p-1. The maximum atomic E-state index is 11.4. The van der Waals surface area contributed by atoms with Gasteiger partial charge in [-0.1, -0.05) is 110 Å². The molecule has 1 N–H and O–H groups in total. The molecule has 0 spiro atoms. The Labute approximate surface area is 218 Å². The third kappa shape index (κ3) is 17.2. The van der Waals surface area contributed by atoms with Crippen molar-refractivity contribution in [3.8, 4) is 0 Å². The molecule has 0 rings (SSSR count). The first-order valence-electron chi connectivity index (χ1n) is 11.5. The molecule has 0 aromatic carbocycles. The van der Waals surface area contributed by atoms with E-state index in [1.54, 1.807) is 0 Å². The second-order valence-electron chi connectivity index (χ2n) is 8.20. The van der Waals surface area contributed by atoms with E-state index in [9.17, 15) is 18.1 Å². The van der Waals surface area contributed by atoms with Crippen LogP contribution in [0, 0.1) is 0 Å². The zero-order valence-corrected chi connectivity index (χ0v) is 23.0. The van der Waals surface area contributed by atoms with Crippen molar-refractivity contribution in [1.82, 2.24) is 0 Å². The molecule has 0 aliphatic rings. The summed E-state index contributed by atoms with van der Waals surface area (Å²) in [5.74, 6) is 0. The molecule has 0 saturated carbocycles. The summed E-state index contributed by atoms with van der Waals surface area (Å²) in [5.41, 5.74) is 0. The van der Waals surface area contributed by atoms with Gasteiger partial charge in [-0.05, 0) is 25.7 Å². The number of hydrogen-bond acceptors (Lipinski definition) is 4. The van der Waals surface area contributed by atoms with E-state index in [1.807, 2.05) is 6.92 Å². The summed E-state index contributed by atoms with van der Waals surface area (Å²) in [4.78, 5) is -2.06. The van der Waals surface area contributed by atoms with Crippen molar-refractivity contribution in [3.05, 3.63) is 0 Å². The molecule has 0 aliphatic carbocycles. The van der Waals surface area contributed by atoms with E-state index < -0.39 is 15.1 Å². The molecule has 0 fully saturated rings. The summed E-state index contributed by atoms with van der Waals surface area (Å²) < 4.78 is 34.2. The van der Waals surface area contributed by atoms with E-state index in [-0.39, 0.29) is 64.2 Å². The minimum atomic E-state index is -4.66. The van der Waals surface area contributed by atoms with Crippen LogP contribution in [0.4, 0.5) is 0 Å².